The van der Waals surface area contributed by atoms with Crippen LogP contribution in [0.15, 0.2) is 54.7 Å². The monoisotopic (exact) mass is 436 g/mol. The Hall–Kier alpha value is -2.86. The number of nitrogens with zero attached hydrogens (tertiary/aromatic N) is 1. The molecule has 1 unspecified atom stereocenters. The third-order valence-electron chi connectivity index (χ3n) is 5.39. The minimum Gasteiger partial charge on any atom is -0.491 e. The number of amides is 1. The van der Waals surface area contributed by atoms with Crippen molar-refractivity contribution in [3.63, 3.8) is 0 Å². The van der Waals surface area contributed by atoms with Gasteiger partial charge >= 0.3 is 0 Å². The Kier molecular flexibility index (Phi) is 6.56. The van der Waals surface area contributed by atoms with E-state index in [-0.39, 0.29) is 24.0 Å². The van der Waals surface area contributed by atoms with E-state index in [9.17, 15) is 4.79 Å². The summed E-state index contributed by atoms with van der Waals surface area (Å²) in [4.78, 5) is 16.6. The van der Waals surface area contributed by atoms with E-state index < -0.39 is 0 Å². The Morgan fingerprint density at radius 3 is 2.32 bits per heavy atom. The Bertz CT molecular complexity index is 1010. The lowest BCUT2D eigenvalue weighted by atomic mass is 9.84. The summed E-state index contributed by atoms with van der Waals surface area (Å²) in [5, 5.41) is 4.74. The molecule has 1 fully saturated rings. The molecule has 1 heterocycles. The van der Waals surface area contributed by atoms with Gasteiger partial charge in [-0.3, -0.25) is 4.79 Å². The highest BCUT2D eigenvalue weighted by Crippen LogP contribution is 2.34. The van der Waals surface area contributed by atoms with Gasteiger partial charge in [-0.2, -0.15) is 0 Å². The third kappa shape index (κ3) is 5.44. The van der Waals surface area contributed by atoms with E-state index in [0.29, 0.717) is 0 Å². The molecule has 0 bridgehead atoms. The fourth-order valence-electron chi connectivity index (χ4n) is 3.41. The molecule has 0 radical (unpaired) electrons. The maximum Gasteiger partial charge on any atom is 0.223 e. The van der Waals surface area contributed by atoms with Crippen LogP contribution in [0.25, 0.3) is 10.6 Å². The molecular weight excluding hydrogens is 408 g/mol. The number of rotatable bonds is 8. The van der Waals surface area contributed by atoms with Crippen LogP contribution in [0.5, 0.6) is 16.6 Å². The highest BCUT2D eigenvalue weighted by molar-refractivity contribution is 7.16. The first-order valence-electron chi connectivity index (χ1n) is 10.8. The molecule has 0 aliphatic heterocycles. The molecule has 162 valence electrons. The van der Waals surface area contributed by atoms with Gasteiger partial charge in [0.15, 0.2) is 0 Å². The standard InChI is InChI=1S/C25H28N2O3S/c1-16(2)29-21-13-9-20(10-14-21)25-26-15-23(31-25)30-22-11-7-18(8-12-22)17(3)27-24(28)19-5-4-6-19/h7-17,19H,4-6H2,1-3H3,(H,27,28). The molecule has 0 saturated heterocycles. The average Bonchev–Trinajstić information content (AvgIpc) is 3.15. The first kappa shape index (κ1) is 21.4. The normalized spacial score (nSPS) is 14.7. The van der Waals surface area contributed by atoms with E-state index in [1.165, 1.54) is 11.3 Å². The zero-order chi connectivity index (χ0) is 21.8. The molecule has 1 aromatic heterocycles. The van der Waals surface area contributed by atoms with Crippen LogP contribution in [0.4, 0.5) is 0 Å². The highest BCUT2D eigenvalue weighted by atomic mass is 32.1. The summed E-state index contributed by atoms with van der Waals surface area (Å²) in [5.41, 5.74) is 2.09. The lowest BCUT2D eigenvalue weighted by Gasteiger charge is -2.26. The number of ether oxygens (including phenoxy) is 2. The fourth-order valence-corrected chi connectivity index (χ4v) is 4.21. The van der Waals surface area contributed by atoms with Crippen molar-refractivity contribution in [2.75, 3.05) is 0 Å². The lowest BCUT2D eigenvalue weighted by molar-refractivity contribution is -0.128. The second kappa shape index (κ2) is 9.52. The summed E-state index contributed by atoms with van der Waals surface area (Å²) in [6.45, 7) is 6.03. The van der Waals surface area contributed by atoms with Gasteiger partial charge in [-0.15, -0.1) is 0 Å². The molecule has 6 heteroatoms. The summed E-state index contributed by atoms with van der Waals surface area (Å²) in [6.07, 6.45) is 5.08. The maximum absolute atomic E-state index is 12.2. The lowest BCUT2D eigenvalue weighted by Crippen LogP contribution is -2.35. The Balaban J connectivity index is 1.35. The Morgan fingerprint density at radius 1 is 1.03 bits per heavy atom. The zero-order valence-electron chi connectivity index (χ0n) is 18.1. The van der Waals surface area contributed by atoms with Crippen LogP contribution in [0, 0.1) is 5.92 Å². The number of hydrogen-bond acceptors (Lipinski definition) is 5. The SMILES string of the molecule is CC(C)Oc1ccc(-c2ncc(Oc3ccc(C(C)NC(=O)C4CCC4)cc3)s2)cc1. The minimum atomic E-state index is -0.0141. The van der Waals surface area contributed by atoms with Gasteiger partial charge in [0, 0.05) is 11.5 Å². The van der Waals surface area contributed by atoms with Crippen LogP contribution >= 0.6 is 11.3 Å². The van der Waals surface area contributed by atoms with Crippen molar-refractivity contribution < 1.29 is 14.3 Å². The molecule has 0 spiro atoms. The molecule has 31 heavy (non-hydrogen) atoms. The number of hydrogen-bond donors (Lipinski definition) is 1. The molecule has 1 saturated carbocycles. The number of carbonyl (C=O) groups excluding carboxylic acids is 1. The van der Waals surface area contributed by atoms with Gasteiger partial charge in [0.05, 0.1) is 18.3 Å². The molecule has 1 N–H and O–H groups in total. The molecule has 3 aromatic rings. The first-order chi connectivity index (χ1) is 15.0. The van der Waals surface area contributed by atoms with Gasteiger partial charge in [0.25, 0.3) is 0 Å². The number of thiazole rings is 1. The van der Waals surface area contributed by atoms with Crippen LogP contribution in [0.2, 0.25) is 0 Å². The summed E-state index contributed by atoms with van der Waals surface area (Å²) < 4.78 is 11.7. The van der Waals surface area contributed by atoms with E-state index >= 15 is 0 Å². The predicted octanol–water partition coefficient (Wildman–Crippen LogP) is 6.37. The average molecular weight is 437 g/mol. The minimum absolute atomic E-state index is 0.0141. The molecule has 1 amide bonds. The quantitative estimate of drug-likeness (QED) is 0.446. The van der Waals surface area contributed by atoms with Crippen molar-refractivity contribution in [2.45, 2.75) is 52.2 Å². The van der Waals surface area contributed by atoms with Crippen LogP contribution in [-0.4, -0.2) is 17.0 Å². The van der Waals surface area contributed by atoms with Crippen LogP contribution in [0.1, 0.15) is 51.6 Å². The largest absolute Gasteiger partial charge is 0.491 e. The van der Waals surface area contributed by atoms with E-state index in [1.54, 1.807) is 6.20 Å². The number of aromatic nitrogens is 1. The smallest absolute Gasteiger partial charge is 0.223 e. The van der Waals surface area contributed by atoms with Crippen molar-refractivity contribution in [1.82, 2.24) is 10.3 Å². The number of nitrogens with one attached hydrogen (secondary N) is 1. The van der Waals surface area contributed by atoms with Gasteiger partial charge in [-0.25, -0.2) is 4.98 Å². The molecular formula is C25H28N2O3S. The Labute approximate surface area is 187 Å². The summed E-state index contributed by atoms with van der Waals surface area (Å²) in [6, 6.07) is 15.8. The summed E-state index contributed by atoms with van der Waals surface area (Å²) in [5.74, 6) is 1.96. The molecule has 1 atom stereocenters. The first-order valence-corrected chi connectivity index (χ1v) is 11.6. The molecule has 2 aromatic carbocycles. The molecule has 5 nitrogen and oxygen atoms in total. The van der Waals surface area contributed by atoms with Crippen LogP contribution in [0.3, 0.4) is 0 Å². The highest BCUT2D eigenvalue weighted by Gasteiger charge is 2.26. The van der Waals surface area contributed by atoms with E-state index in [2.05, 4.69) is 10.3 Å². The predicted molar refractivity (Wildman–Crippen MR) is 124 cm³/mol. The van der Waals surface area contributed by atoms with E-state index in [1.807, 2.05) is 69.3 Å². The van der Waals surface area contributed by atoms with Crippen molar-refractivity contribution in [2.24, 2.45) is 5.92 Å². The van der Waals surface area contributed by atoms with Crippen LogP contribution < -0.4 is 14.8 Å². The zero-order valence-corrected chi connectivity index (χ0v) is 18.9. The number of carbonyl (C=O) groups is 1. The van der Waals surface area contributed by atoms with Gasteiger partial charge in [0.1, 0.15) is 16.5 Å². The second-order valence-corrected chi connectivity index (χ2v) is 9.20. The fraction of sp³-hybridized carbons (Fsp3) is 0.360. The second-order valence-electron chi connectivity index (χ2n) is 8.20. The summed E-state index contributed by atoms with van der Waals surface area (Å²) in [7, 11) is 0. The van der Waals surface area contributed by atoms with Gasteiger partial charge < -0.3 is 14.8 Å². The molecule has 1 aliphatic carbocycles. The van der Waals surface area contributed by atoms with Gasteiger partial charge in [-0.1, -0.05) is 29.9 Å². The van der Waals surface area contributed by atoms with E-state index in [0.717, 1.165) is 52.0 Å². The summed E-state index contributed by atoms with van der Waals surface area (Å²) >= 11 is 1.50. The topological polar surface area (TPSA) is 60.5 Å². The maximum atomic E-state index is 12.2. The third-order valence-corrected chi connectivity index (χ3v) is 6.32. The van der Waals surface area contributed by atoms with Crippen molar-refractivity contribution in [3.05, 3.63) is 60.3 Å². The Morgan fingerprint density at radius 2 is 1.71 bits per heavy atom. The van der Waals surface area contributed by atoms with Crippen molar-refractivity contribution in [3.8, 4) is 27.1 Å². The van der Waals surface area contributed by atoms with Crippen molar-refractivity contribution in [1.29, 1.82) is 0 Å². The van der Waals surface area contributed by atoms with Gasteiger partial charge in [0.2, 0.25) is 11.0 Å². The van der Waals surface area contributed by atoms with Crippen molar-refractivity contribution >= 4 is 17.2 Å². The molecule has 1 aliphatic rings. The number of benzene rings is 2. The van der Waals surface area contributed by atoms with E-state index in [4.69, 9.17) is 9.47 Å². The van der Waals surface area contributed by atoms with Crippen LogP contribution in [-0.2, 0) is 4.79 Å². The molecule has 4 rings (SSSR count). The van der Waals surface area contributed by atoms with Gasteiger partial charge in [-0.05, 0) is 75.6 Å².